The number of aromatic nitrogens is 1. The Bertz CT molecular complexity index is 568. The summed E-state index contributed by atoms with van der Waals surface area (Å²) in [4.78, 5) is 12.9. The van der Waals surface area contributed by atoms with Crippen LogP contribution in [0.15, 0.2) is 10.9 Å². The molecule has 0 saturated heterocycles. The summed E-state index contributed by atoms with van der Waals surface area (Å²) in [5, 5.41) is 3.61. The van der Waals surface area contributed by atoms with Crippen LogP contribution in [0, 0.1) is 5.92 Å². The van der Waals surface area contributed by atoms with Gasteiger partial charge in [0.1, 0.15) is 0 Å². The van der Waals surface area contributed by atoms with Gasteiger partial charge in [0.15, 0.2) is 0 Å². The predicted octanol–water partition coefficient (Wildman–Crippen LogP) is 3.42. The van der Waals surface area contributed by atoms with Crippen LogP contribution in [0.1, 0.15) is 69.2 Å². The maximum Gasteiger partial charge on any atom is 0.255 e. The molecule has 2 aliphatic carbocycles. The van der Waals surface area contributed by atoms with Gasteiger partial charge < -0.3 is 9.88 Å². The molecule has 0 aromatic carbocycles. The zero-order valence-corrected chi connectivity index (χ0v) is 14.2. The molecule has 22 heavy (non-hydrogen) atoms. The van der Waals surface area contributed by atoms with Gasteiger partial charge in [-0.2, -0.15) is 0 Å². The van der Waals surface area contributed by atoms with Gasteiger partial charge in [0, 0.05) is 30.4 Å². The highest BCUT2D eigenvalue weighted by molar-refractivity contribution is 5.30. The second-order valence-electron chi connectivity index (χ2n) is 7.50. The van der Waals surface area contributed by atoms with Crippen molar-refractivity contribution in [1.29, 1.82) is 0 Å². The lowest BCUT2D eigenvalue weighted by atomic mass is 10.1. The van der Waals surface area contributed by atoms with Crippen molar-refractivity contribution in [3.05, 3.63) is 33.2 Å². The monoisotopic (exact) mass is 302 g/mol. The number of fused-ring (bicyclic) bond motifs is 1. The molecule has 122 valence electrons. The van der Waals surface area contributed by atoms with E-state index in [0.29, 0.717) is 12.0 Å². The summed E-state index contributed by atoms with van der Waals surface area (Å²) in [7, 11) is 0. The van der Waals surface area contributed by atoms with E-state index in [9.17, 15) is 4.79 Å². The zero-order chi connectivity index (χ0) is 15.5. The van der Waals surface area contributed by atoms with Crippen LogP contribution in [-0.2, 0) is 25.9 Å². The van der Waals surface area contributed by atoms with E-state index in [1.54, 1.807) is 0 Å². The molecule has 1 saturated carbocycles. The summed E-state index contributed by atoms with van der Waals surface area (Å²) in [6.07, 6.45) is 9.73. The summed E-state index contributed by atoms with van der Waals surface area (Å²) in [6, 6.07) is 2.81. The molecule has 1 heterocycles. The van der Waals surface area contributed by atoms with E-state index in [0.717, 1.165) is 37.9 Å². The number of nitrogens with one attached hydrogen (secondary N) is 1. The summed E-state index contributed by atoms with van der Waals surface area (Å²) >= 11 is 0. The summed E-state index contributed by atoms with van der Waals surface area (Å²) in [5.41, 5.74) is 3.98. The second kappa shape index (κ2) is 6.99. The Kier molecular flexibility index (Phi) is 5.02. The highest BCUT2D eigenvalue weighted by Crippen LogP contribution is 2.23. The number of hydrogen-bond donors (Lipinski definition) is 1. The van der Waals surface area contributed by atoms with Crippen molar-refractivity contribution in [2.45, 2.75) is 84.3 Å². The van der Waals surface area contributed by atoms with Crippen LogP contribution >= 0.6 is 0 Å². The van der Waals surface area contributed by atoms with Crippen molar-refractivity contribution in [3.8, 4) is 0 Å². The van der Waals surface area contributed by atoms with Gasteiger partial charge in [-0.05, 0) is 56.1 Å². The Morgan fingerprint density at radius 1 is 1.23 bits per heavy atom. The fourth-order valence-electron chi connectivity index (χ4n) is 3.92. The highest BCUT2D eigenvalue weighted by atomic mass is 16.1. The van der Waals surface area contributed by atoms with Crippen molar-refractivity contribution in [1.82, 2.24) is 9.88 Å². The van der Waals surface area contributed by atoms with Crippen molar-refractivity contribution in [2.75, 3.05) is 0 Å². The lowest BCUT2D eigenvalue weighted by molar-refractivity contribution is 0.489. The molecule has 3 nitrogen and oxygen atoms in total. The molecule has 1 fully saturated rings. The number of hydrogen-bond acceptors (Lipinski definition) is 2. The number of nitrogens with zero attached hydrogens (tertiary/aromatic N) is 1. The van der Waals surface area contributed by atoms with Crippen LogP contribution in [0.5, 0.6) is 0 Å². The maximum absolute atomic E-state index is 12.9. The normalized spacial score (nSPS) is 18.3. The van der Waals surface area contributed by atoms with Gasteiger partial charge in [-0.3, -0.25) is 4.79 Å². The van der Waals surface area contributed by atoms with E-state index in [-0.39, 0.29) is 5.56 Å². The topological polar surface area (TPSA) is 34.0 Å². The molecule has 1 aromatic heterocycles. The fourth-order valence-corrected chi connectivity index (χ4v) is 3.92. The van der Waals surface area contributed by atoms with Crippen LogP contribution in [0.4, 0.5) is 0 Å². The third kappa shape index (κ3) is 3.45. The fraction of sp³-hybridized carbons (Fsp3) is 0.737. The Morgan fingerprint density at radius 3 is 2.73 bits per heavy atom. The van der Waals surface area contributed by atoms with Crippen molar-refractivity contribution in [3.63, 3.8) is 0 Å². The third-order valence-corrected chi connectivity index (χ3v) is 5.29. The minimum Gasteiger partial charge on any atom is -0.312 e. The molecular formula is C19H30N2O. The molecule has 3 rings (SSSR count). The van der Waals surface area contributed by atoms with Gasteiger partial charge in [-0.15, -0.1) is 0 Å². The largest absolute Gasteiger partial charge is 0.312 e. The molecule has 0 aliphatic heterocycles. The molecule has 0 atom stereocenters. The molecule has 0 spiro atoms. The quantitative estimate of drug-likeness (QED) is 0.873. The van der Waals surface area contributed by atoms with E-state index in [1.807, 2.05) is 0 Å². The van der Waals surface area contributed by atoms with Crippen LogP contribution in [0.3, 0.4) is 0 Å². The average molecular weight is 302 g/mol. The molecule has 0 unspecified atom stereocenters. The van der Waals surface area contributed by atoms with Gasteiger partial charge in [0.2, 0.25) is 0 Å². The zero-order valence-electron chi connectivity index (χ0n) is 14.2. The van der Waals surface area contributed by atoms with E-state index in [1.165, 1.54) is 43.4 Å². The van der Waals surface area contributed by atoms with Gasteiger partial charge in [0.05, 0.1) is 0 Å². The first-order valence-electron chi connectivity index (χ1n) is 9.13. The van der Waals surface area contributed by atoms with E-state index < -0.39 is 0 Å². The predicted molar refractivity (Wildman–Crippen MR) is 91.3 cm³/mol. The SMILES string of the molecule is CC(C)CCn1c2c(cc(CNC3CCCC3)c1=O)CCC2. The first-order chi connectivity index (χ1) is 10.6. The van der Waals surface area contributed by atoms with Crippen molar-refractivity contribution in [2.24, 2.45) is 5.92 Å². The molecule has 3 heteroatoms. The first kappa shape index (κ1) is 15.8. The molecular weight excluding hydrogens is 272 g/mol. The maximum atomic E-state index is 12.9. The third-order valence-electron chi connectivity index (χ3n) is 5.29. The summed E-state index contributed by atoms with van der Waals surface area (Å²) in [6.45, 7) is 6.10. The van der Waals surface area contributed by atoms with Gasteiger partial charge in [0.25, 0.3) is 5.56 Å². The molecule has 0 radical (unpaired) electrons. The molecule has 1 N–H and O–H groups in total. The average Bonchev–Trinajstić information content (AvgIpc) is 3.15. The molecule has 1 aromatic rings. The highest BCUT2D eigenvalue weighted by Gasteiger charge is 2.20. The van der Waals surface area contributed by atoms with Crippen LogP contribution in [0.25, 0.3) is 0 Å². The molecule has 0 amide bonds. The lowest BCUT2D eigenvalue weighted by Crippen LogP contribution is -2.33. The van der Waals surface area contributed by atoms with Crippen LogP contribution in [-0.4, -0.2) is 10.6 Å². The van der Waals surface area contributed by atoms with Gasteiger partial charge >= 0.3 is 0 Å². The van der Waals surface area contributed by atoms with E-state index in [4.69, 9.17) is 0 Å². The number of aryl methyl sites for hydroxylation is 1. The Hall–Kier alpha value is -1.09. The lowest BCUT2D eigenvalue weighted by Gasteiger charge is -2.17. The van der Waals surface area contributed by atoms with E-state index in [2.05, 4.69) is 29.8 Å². The molecule has 2 aliphatic rings. The van der Waals surface area contributed by atoms with Gasteiger partial charge in [-0.1, -0.05) is 26.7 Å². The minimum absolute atomic E-state index is 0.256. The van der Waals surface area contributed by atoms with Crippen molar-refractivity contribution >= 4 is 0 Å². The number of pyridine rings is 1. The van der Waals surface area contributed by atoms with Crippen LogP contribution in [0.2, 0.25) is 0 Å². The Labute approximate surface area is 134 Å². The smallest absolute Gasteiger partial charge is 0.255 e. The Morgan fingerprint density at radius 2 is 2.00 bits per heavy atom. The molecule has 0 bridgehead atoms. The number of rotatable bonds is 6. The Balaban J connectivity index is 1.80. The van der Waals surface area contributed by atoms with Crippen molar-refractivity contribution < 1.29 is 0 Å². The van der Waals surface area contributed by atoms with Crippen LogP contribution < -0.4 is 10.9 Å². The summed E-state index contributed by atoms with van der Waals surface area (Å²) in [5.74, 6) is 0.643. The summed E-state index contributed by atoms with van der Waals surface area (Å²) < 4.78 is 2.09. The standard InChI is InChI=1S/C19H30N2O/c1-14(2)10-11-21-18-9-5-6-15(18)12-16(19(21)22)13-20-17-7-3-4-8-17/h12,14,17,20H,3-11,13H2,1-2H3. The minimum atomic E-state index is 0.256. The second-order valence-corrected chi connectivity index (χ2v) is 7.50. The van der Waals surface area contributed by atoms with Gasteiger partial charge in [-0.25, -0.2) is 0 Å². The first-order valence-corrected chi connectivity index (χ1v) is 9.13. The van der Waals surface area contributed by atoms with E-state index >= 15 is 0 Å².